The second kappa shape index (κ2) is 2.88. The molecule has 0 fully saturated rings. The highest BCUT2D eigenvalue weighted by molar-refractivity contribution is 5.61. The maximum atomic E-state index is 3.18. The summed E-state index contributed by atoms with van der Waals surface area (Å²) in [6.07, 6.45) is 9.68. The van der Waals surface area contributed by atoms with Gasteiger partial charge < -0.3 is 5.32 Å². The summed E-state index contributed by atoms with van der Waals surface area (Å²) >= 11 is 0. The van der Waals surface area contributed by atoms with Crippen molar-refractivity contribution in [1.29, 1.82) is 0 Å². The van der Waals surface area contributed by atoms with E-state index in [-0.39, 0.29) is 0 Å². The molecule has 0 radical (unpaired) electrons. The van der Waals surface area contributed by atoms with Crippen LogP contribution in [-0.2, 0) is 0 Å². The summed E-state index contributed by atoms with van der Waals surface area (Å²) in [7, 11) is 0. The van der Waals surface area contributed by atoms with Gasteiger partial charge in [-0.2, -0.15) is 0 Å². The summed E-state index contributed by atoms with van der Waals surface area (Å²) in [6, 6.07) is 8.49. The van der Waals surface area contributed by atoms with Crippen molar-refractivity contribution in [3.05, 3.63) is 58.2 Å². The van der Waals surface area contributed by atoms with Crippen LogP contribution >= 0.6 is 0 Å². The van der Waals surface area contributed by atoms with E-state index < -0.39 is 0 Å². The van der Waals surface area contributed by atoms with Crippen LogP contribution in [0.1, 0.15) is 6.42 Å². The Kier molecular flexibility index (Phi) is 1.57. The molecule has 0 aromatic heterocycles. The quantitative estimate of drug-likeness (QED) is 0.630. The first-order valence-electron chi connectivity index (χ1n) is 4.84. The number of allylic oxidation sites excluding steroid dienone is 2. The minimum absolute atomic E-state index is 1.04. The first-order chi connectivity index (χ1) is 6.92. The van der Waals surface area contributed by atoms with Gasteiger partial charge in [-0.05, 0) is 33.7 Å². The molecule has 0 spiro atoms. The average Bonchev–Trinajstić information content (AvgIpc) is 2.33. The van der Waals surface area contributed by atoms with E-state index in [0.29, 0.717) is 0 Å². The van der Waals surface area contributed by atoms with Crippen molar-refractivity contribution in [2.75, 3.05) is 0 Å². The second-order valence-corrected chi connectivity index (χ2v) is 3.70. The molecule has 1 nitrogen and oxygen atoms in total. The molecule has 0 saturated heterocycles. The lowest BCUT2D eigenvalue weighted by Gasteiger charge is -2.08. The molecule has 1 aromatic rings. The van der Waals surface area contributed by atoms with Crippen LogP contribution in [0.3, 0.4) is 0 Å². The summed E-state index contributed by atoms with van der Waals surface area (Å²) < 4.78 is 0. The molecule has 0 atom stereocenters. The fourth-order valence-electron chi connectivity index (χ4n) is 1.95. The zero-order valence-electron chi connectivity index (χ0n) is 7.83. The molecule has 68 valence electrons. The van der Waals surface area contributed by atoms with Gasteiger partial charge in [0.05, 0.1) is 0 Å². The Morgan fingerprint density at radius 1 is 0.857 bits per heavy atom. The van der Waals surface area contributed by atoms with Crippen molar-refractivity contribution in [2.45, 2.75) is 6.42 Å². The van der Waals surface area contributed by atoms with Gasteiger partial charge in [-0.25, -0.2) is 0 Å². The highest BCUT2D eigenvalue weighted by atomic mass is 14.8. The summed E-state index contributed by atoms with van der Waals surface area (Å²) in [6.45, 7) is 0. The van der Waals surface area contributed by atoms with E-state index in [9.17, 15) is 0 Å². The monoisotopic (exact) mass is 181 g/mol. The fourth-order valence-corrected chi connectivity index (χ4v) is 1.95. The molecule has 1 N–H and O–H groups in total. The average molecular weight is 181 g/mol. The number of fused-ring (bicyclic) bond motifs is 3. The first kappa shape index (κ1) is 7.63. The van der Waals surface area contributed by atoms with Crippen LogP contribution in [0, 0.1) is 0 Å². The molecule has 3 rings (SSSR count). The number of nitrogens with one attached hydrogen (secondary N) is 1. The molecule has 0 saturated carbocycles. The highest BCUT2D eigenvalue weighted by Crippen LogP contribution is 2.16. The van der Waals surface area contributed by atoms with Crippen LogP contribution in [0.4, 0.5) is 0 Å². The predicted octanol–water partition coefficient (Wildman–Crippen LogP) is 1.02. The van der Waals surface area contributed by atoms with Crippen LogP contribution in [0.25, 0.3) is 12.2 Å². The molecule has 0 amide bonds. The minimum atomic E-state index is 1.04. The third-order valence-electron chi connectivity index (χ3n) is 2.62. The standard InChI is InChI=1S/C13H11N/c1-2-4-13-7-11-5-10(8-14-9-11)6-12(13)3-1/h1-4,6-9,14H,5H2. The molecular weight excluding hydrogens is 170 g/mol. The Bertz CT molecular complexity index is 498. The van der Waals surface area contributed by atoms with Crippen molar-refractivity contribution >= 4 is 12.2 Å². The molecule has 1 heteroatoms. The Balaban J connectivity index is 2.41. The van der Waals surface area contributed by atoms with Gasteiger partial charge in [0.25, 0.3) is 0 Å². The van der Waals surface area contributed by atoms with Crippen molar-refractivity contribution in [2.24, 2.45) is 0 Å². The zero-order valence-corrected chi connectivity index (χ0v) is 7.83. The minimum Gasteiger partial charge on any atom is -0.367 e. The number of hydrogen-bond acceptors (Lipinski definition) is 1. The van der Waals surface area contributed by atoms with Crippen LogP contribution < -0.4 is 15.8 Å². The Morgan fingerprint density at radius 2 is 1.43 bits per heavy atom. The van der Waals surface area contributed by atoms with Gasteiger partial charge in [0.2, 0.25) is 0 Å². The van der Waals surface area contributed by atoms with Gasteiger partial charge in [0, 0.05) is 18.8 Å². The smallest absolute Gasteiger partial charge is 0.00405 e. The molecule has 2 aliphatic rings. The van der Waals surface area contributed by atoms with Crippen LogP contribution in [0.2, 0.25) is 0 Å². The van der Waals surface area contributed by atoms with Crippen LogP contribution in [0.5, 0.6) is 0 Å². The van der Waals surface area contributed by atoms with E-state index in [0.717, 1.165) is 6.42 Å². The summed E-state index contributed by atoms with van der Waals surface area (Å²) in [5, 5.41) is 5.80. The summed E-state index contributed by atoms with van der Waals surface area (Å²) in [5.41, 5.74) is 2.70. The second-order valence-electron chi connectivity index (χ2n) is 3.70. The van der Waals surface area contributed by atoms with Crippen molar-refractivity contribution < 1.29 is 0 Å². The number of rotatable bonds is 0. The highest BCUT2D eigenvalue weighted by Gasteiger charge is 2.05. The van der Waals surface area contributed by atoms with E-state index in [2.05, 4.69) is 54.1 Å². The van der Waals surface area contributed by atoms with Crippen LogP contribution in [-0.4, -0.2) is 0 Å². The third-order valence-corrected chi connectivity index (χ3v) is 2.62. The summed E-state index contributed by atoms with van der Waals surface area (Å²) in [4.78, 5) is 0. The molecule has 2 bridgehead atoms. The Labute approximate surface area is 82.8 Å². The molecule has 1 aromatic carbocycles. The largest absolute Gasteiger partial charge is 0.367 e. The lowest BCUT2D eigenvalue weighted by molar-refractivity contribution is 1.06. The van der Waals surface area contributed by atoms with E-state index in [1.54, 1.807) is 0 Å². The maximum Gasteiger partial charge on any atom is 0.00405 e. The topological polar surface area (TPSA) is 12.0 Å². The van der Waals surface area contributed by atoms with Gasteiger partial charge in [-0.3, -0.25) is 0 Å². The Hall–Kier alpha value is -1.76. The third kappa shape index (κ3) is 1.18. The van der Waals surface area contributed by atoms with E-state index in [4.69, 9.17) is 0 Å². The maximum absolute atomic E-state index is 3.18. The molecule has 14 heavy (non-hydrogen) atoms. The van der Waals surface area contributed by atoms with E-state index >= 15 is 0 Å². The first-order valence-corrected chi connectivity index (χ1v) is 4.84. The molecule has 0 unspecified atom stereocenters. The van der Waals surface area contributed by atoms with Gasteiger partial charge in [-0.15, -0.1) is 0 Å². The SMILES string of the molecule is C1=C2C=c3ccccc3=CC(=CN1)C2. The van der Waals surface area contributed by atoms with Crippen LogP contribution in [0.15, 0.2) is 47.8 Å². The van der Waals surface area contributed by atoms with Crippen molar-refractivity contribution in [3.63, 3.8) is 0 Å². The molecule has 1 aliphatic heterocycles. The van der Waals surface area contributed by atoms with Gasteiger partial charge >= 0.3 is 0 Å². The number of benzene rings is 1. The van der Waals surface area contributed by atoms with Crippen molar-refractivity contribution in [3.8, 4) is 0 Å². The lowest BCUT2D eigenvalue weighted by Crippen LogP contribution is -2.22. The van der Waals surface area contributed by atoms with Gasteiger partial charge in [0.15, 0.2) is 0 Å². The lowest BCUT2D eigenvalue weighted by atomic mass is 10.1. The number of dihydropyridines is 1. The Morgan fingerprint density at radius 3 is 2.00 bits per heavy atom. The summed E-state index contributed by atoms with van der Waals surface area (Å²) in [5.74, 6) is 0. The predicted molar refractivity (Wildman–Crippen MR) is 58.5 cm³/mol. The van der Waals surface area contributed by atoms with Gasteiger partial charge in [0.1, 0.15) is 0 Å². The van der Waals surface area contributed by atoms with E-state index in [1.165, 1.54) is 21.6 Å². The zero-order chi connectivity index (χ0) is 9.38. The van der Waals surface area contributed by atoms with Gasteiger partial charge in [-0.1, -0.05) is 24.3 Å². The van der Waals surface area contributed by atoms with E-state index in [1.807, 2.05) is 0 Å². The normalized spacial score (nSPS) is 17.4. The van der Waals surface area contributed by atoms with Crippen molar-refractivity contribution in [1.82, 2.24) is 5.32 Å². The molecule has 1 heterocycles. The molecular formula is C13H11N. The molecule has 1 aliphatic carbocycles. The number of hydrogen-bond donors (Lipinski definition) is 1. The fraction of sp³-hybridized carbons (Fsp3) is 0.0769.